The van der Waals surface area contributed by atoms with E-state index < -0.39 is 16.8 Å². The smallest absolute Gasteiger partial charge is 0.357 e. The van der Waals surface area contributed by atoms with Gasteiger partial charge in [-0.2, -0.15) is 13.2 Å². The second-order valence-corrected chi connectivity index (χ2v) is 6.37. The highest BCUT2D eigenvalue weighted by atomic mass is 32.1. The van der Waals surface area contributed by atoms with E-state index in [1.807, 2.05) is 6.92 Å². The topological polar surface area (TPSA) is 92.5 Å². The fourth-order valence-corrected chi connectivity index (χ4v) is 2.93. The van der Waals surface area contributed by atoms with E-state index in [2.05, 4.69) is 20.6 Å². The number of hydrogen-bond acceptors (Lipinski definition) is 5. The number of nitrogens with zero attached hydrogens (tertiary/aromatic N) is 3. The second-order valence-electron chi connectivity index (χ2n) is 5.42. The lowest BCUT2D eigenvalue weighted by Crippen LogP contribution is -2.38. The number of rotatable bonds is 7. The molecule has 1 aromatic carbocycles. The van der Waals surface area contributed by atoms with Crippen molar-refractivity contribution in [1.82, 2.24) is 15.6 Å². The fourth-order valence-electron chi connectivity index (χ4n) is 2.12. The SMILES string of the molecule is CCNC(=NCc1cccc([N+](=O)[O-])c1)NCCc1nc(C(F)(F)F)cs1. The molecule has 0 aliphatic heterocycles. The summed E-state index contributed by atoms with van der Waals surface area (Å²) in [5.74, 6) is 0.469. The monoisotopic (exact) mass is 401 g/mol. The van der Waals surface area contributed by atoms with Gasteiger partial charge in [0.25, 0.3) is 5.69 Å². The molecule has 146 valence electrons. The molecule has 2 rings (SSSR count). The van der Waals surface area contributed by atoms with Crippen LogP contribution in [0.25, 0.3) is 0 Å². The van der Waals surface area contributed by atoms with Crippen LogP contribution in [0.1, 0.15) is 23.2 Å². The summed E-state index contributed by atoms with van der Waals surface area (Å²) in [7, 11) is 0. The largest absolute Gasteiger partial charge is 0.434 e. The van der Waals surface area contributed by atoms with Crippen LogP contribution >= 0.6 is 11.3 Å². The van der Waals surface area contributed by atoms with Crippen molar-refractivity contribution in [3.8, 4) is 0 Å². The van der Waals surface area contributed by atoms with Crippen LogP contribution in [0.2, 0.25) is 0 Å². The van der Waals surface area contributed by atoms with Gasteiger partial charge in [0.2, 0.25) is 0 Å². The van der Waals surface area contributed by atoms with Crippen LogP contribution in [-0.2, 0) is 19.1 Å². The molecule has 0 bridgehead atoms. The Balaban J connectivity index is 1.93. The Kier molecular flexibility index (Phi) is 7.11. The number of aromatic nitrogens is 1. The van der Waals surface area contributed by atoms with Gasteiger partial charge in [-0.1, -0.05) is 12.1 Å². The van der Waals surface area contributed by atoms with Gasteiger partial charge in [-0.25, -0.2) is 9.98 Å². The number of aliphatic imine (C=N–C) groups is 1. The van der Waals surface area contributed by atoms with E-state index in [0.717, 1.165) is 16.7 Å². The van der Waals surface area contributed by atoms with Crippen molar-refractivity contribution < 1.29 is 18.1 Å². The van der Waals surface area contributed by atoms with Crippen molar-refractivity contribution in [2.45, 2.75) is 26.1 Å². The maximum atomic E-state index is 12.5. The molecule has 2 N–H and O–H groups in total. The van der Waals surface area contributed by atoms with E-state index in [4.69, 9.17) is 0 Å². The molecule has 0 spiro atoms. The fraction of sp³-hybridized carbons (Fsp3) is 0.375. The molecule has 0 fully saturated rings. The number of alkyl halides is 3. The molecule has 2 aromatic rings. The van der Waals surface area contributed by atoms with Gasteiger partial charge in [-0.3, -0.25) is 10.1 Å². The highest BCUT2D eigenvalue weighted by Crippen LogP contribution is 2.30. The van der Waals surface area contributed by atoms with Crippen molar-refractivity contribution in [3.05, 3.63) is 56.0 Å². The molecule has 27 heavy (non-hydrogen) atoms. The summed E-state index contributed by atoms with van der Waals surface area (Å²) in [6, 6.07) is 6.17. The van der Waals surface area contributed by atoms with Gasteiger partial charge in [0, 0.05) is 37.0 Å². The molecule has 11 heteroatoms. The molecule has 1 aromatic heterocycles. The van der Waals surface area contributed by atoms with E-state index in [-0.39, 0.29) is 12.2 Å². The van der Waals surface area contributed by atoms with Gasteiger partial charge >= 0.3 is 6.18 Å². The predicted octanol–water partition coefficient (Wildman–Crippen LogP) is 3.37. The Morgan fingerprint density at radius 3 is 2.78 bits per heavy atom. The third-order valence-corrected chi connectivity index (χ3v) is 4.27. The van der Waals surface area contributed by atoms with Crippen molar-refractivity contribution in [2.24, 2.45) is 4.99 Å². The van der Waals surface area contributed by atoms with E-state index in [1.54, 1.807) is 12.1 Å². The second kappa shape index (κ2) is 9.31. The maximum Gasteiger partial charge on any atom is 0.434 e. The third kappa shape index (κ3) is 6.51. The number of halogens is 3. The number of nitro groups is 1. The van der Waals surface area contributed by atoms with Crippen molar-refractivity contribution >= 4 is 23.0 Å². The molecule has 0 radical (unpaired) electrons. The van der Waals surface area contributed by atoms with Gasteiger partial charge in [0.15, 0.2) is 11.7 Å². The quantitative estimate of drug-likeness (QED) is 0.321. The zero-order chi connectivity index (χ0) is 19.9. The summed E-state index contributed by atoms with van der Waals surface area (Å²) in [6.07, 6.45) is -4.11. The Morgan fingerprint density at radius 1 is 1.37 bits per heavy atom. The first-order valence-electron chi connectivity index (χ1n) is 8.06. The van der Waals surface area contributed by atoms with E-state index in [9.17, 15) is 23.3 Å². The average molecular weight is 401 g/mol. The van der Waals surface area contributed by atoms with Crippen LogP contribution in [0.3, 0.4) is 0 Å². The van der Waals surface area contributed by atoms with Crippen molar-refractivity contribution in [1.29, 1.82) is 0 Å². The van der Waals surface area contributed by atoms with Gasteiger partial charge < -0.3 is 10.6 Å². The van der Waals surface area contributed by atoms with Crippen molar-refractivity contribution in [2.75, 3.05) is 13.1 Å². The minimum absolute atomic E-state index is 0.00935. The molecule has 0 saturated carbocycles. The number of benzene rings is 1. The minimum atomic E-state index is -4.43. The van der Waals surface area contributed by atoms with Crippen LogP contribution in [0.4, 0.5) is 18.9 Å². The van der Waals surface area contributed by atoms with E-state index in [0.29, 0.717) is 36.0 Å². The maximum absolute atomic E-state index is 12.5. The molecular formula is C16H18F3N5O2S. The van der Waals surface area contributed by atoms with E-state index >= 15 is 0 Å². The number of thiazole rings is 1. The number of hydrogen-bond donors (Lipinski definition) is 2. The first kappa shape index (κ1) is 20.6. The van der Waals surface area contributed by atoms with Crippen LogP contribution in [-0.4, -0.2) is 29.0 Å². The summed E-state index contributed by atoms with van der Waals surface area (Å²) in [4.78, 5) is 18.2. The van der Waals surface area contributed by atoms with Crippen LogP contribution in [0, 0.1) is 10.1 Å². The molecular weight excluding hydrogens is 383 g/mol. The molecule has 0 saturated heterocycles. The lowest BCUT2D eigenvalue weighted by molar-refractivity contribution is -0.384. The molecule has 0 unspecified atom stereocenters. The Morgan fingerprint density at radius 2 is 2.15 bits per heavy atom. The van der Waals surface area contributed by atoms with Crippen LogP contribution < -0.4 is 10.6 Å². The van der Waals surface area contributed by atoms with Crippen LogP contribution in [0.15, 0.2) is 34.6 Å². The average Bonchev–Trinajstić information content (AvgIpc) is 3.09. The van der Waals surface area contributed by atoms with Crippen LogP contribution in [0.5, 0.6) is 0 Å². The lowest BCUT2D eigenvalue weighted by atomic mass is 10.2. The summed E-state index contributed by atoms with van der Waals surface area (Å²) in [5, 5.41) is 18.2. The normalized spacial score (nSPS) is 12.1. The number of guanidine groups is 1. The zero-order valence-electron chi connectivity index (χ0n) is 14.4. The first-order valence-corrected chi connectivity index (χ1v) is 8.94. The van der Waals surface area contributed by atoms with Gasteiger partial charge in [0.05, 0.1) is 16.5 Å². The molecule has 0 atom stereocenters. The molecule has 7 nitrogen and oxygen atoms in total. The first-order chi connectivity index (χ1) is 12.8. The van der Waals surface area contributed by atoms with Gasteiger partial charge in [0.1, 0.15) is 0 Å². The molecule has 0 aliphatic carbocycles. The number of nitro benzene ring substituents is 1. The highest BCUT2D eigenvalue weighted by Gasteiger charge is 2.33. The van der Waals surface area contributed by atoms with Crippen molar-refractivity contribution in [3.63, 3.8) is 0 Å². The minimum Gasteiger partial charge on any atom is -0.357 e. The summed E-state index contributed by atoms with van der Waals surface area (Å²) in [6.45, 7) is 3.05. The summed E-state index contributed by atoms with van der Waals surface area (Å²) in [5.41, 5.74) is -0.213. The number of nitrogens with one attached hydrogen (secondary N) is 2. The third-order valence-electron chi connectivity index (χ3n) is 3.36. The molecule has 0 aliphatic rings. The summed E-state index contributed by atoms with van der Waals surface area (Å²) < 4.78 is 37.6. The Labute approximate surface area is 157 Å². The van der Waals surface area contributed by atoms with Gasteiger partial charge in [-0.05, 0) is 12.5 Å². The Hall–Kier alpha value is -2.69. The molecule has 0 amide bonds. The lowest BCUT2D eigenvalue weighted by Gasteiger charge is -2.10. The Bertz CT molecular complexity index is 807. The molecule has 1 heterocycles. The summed E-state index contributed by atoms with van der Waals surface area (Å²) >= 11 is 0.961. The predicted molar refractivity (Wildman–Crippen MR) is 96.7 cm³/mol. The van der Waals surface area contributed by atoms with E-state index in [1.165, 1.54) is 12.1 Å². The standard InChI is InChI=1S/C16H18F3N5O2S/c1-2-20-15(22-9-11-4-3-5-12(8-11)24(25)26)21-7-6-14-23-13(10-27-14)16(17,18)19/h3-5,8,10H,2,6-7,9H2,1H3,(H2,20,21,22). The highest BCUT2D eigenvalue weighted by molar-refractivity contribution is 7.09. The number of non-ortho nitro benzene ring substituents is 1. The van der Waals surface area contributed by atoms with Gasteiger partial charge in [-0.15, -0.1) is 11.3 Å². The zero-order valence-corrected chi connectivity index (χ0v) is 15.2.